The zero-order chi connectivity index (χ0) is 14.8. The monoisotopic (exact) mass is 283 g/mol. The molecule has 1 aliphatic carbocycles. The third kappa shape index (κ3) is 3.01. The van der Waals surface area contributed by atoms with Crippen LogP contribution in [0.3, 0.4) is 0 Å². The molecule has 0 fully saturated rings. The minimum atomic E-state index is -0.199. The van der Waals surface area contributed by atoms with Gasteiger partial charge in [-0.3, -0.25) is 0 Å². The Kier molecular flexibility index (Phi) is 4.07. The molecule has 0 heterocycles. The summed E-state index contributed by atoms with van der Waals surface area (Å²) in [5, 5.41) is 0. The number of halogens is 1. The number of rotatable bonds is 3. The molecular formula is C19H22FN. The average molecular weight is 283 g/mol. The number of benzene rings is 2. The molecule has 2 unspecified atom stereocenters. The van der Waals surface area contributed by atoms with Gasteiger partial charge in [0.25, 0.3) is 0 Å². The van der Waals surface area contributed by atoms with E-state index in [0.717, 1.165) is 17.5 Å². The molecule has 0 spiro atoms. The maximum Gasteiger partial charge on any atom is 0.123 e. The van der Waals surface area contributed by atoms with E-state index in [1.807, 2.05) is 13.0 Å². The summed E-state index contributed by atoms with van der Waals surface area (Å²) in [6, 6.07) is 13.5. The van der Waals surface area contributed by atoms with Crippen LogP contribution in [0, 0.1) is 12.7 Å². The normalized spacial score (nSPS) is 19.1. The van der Waals surface area contributed by atoms with E-state index in [0.29, 0.717) is 5.92 Å². The van der Waals surface area contributed by atoms with Crippen molar-refractivity contribution in [3.63, 3.8) is 0 Å². The van der Waals surface area contributed by atoms with Crippen LogP contribution >= 0.6 is 0 Å². The lowest BCUT2D eigenvalue weighted by Crippen LogP contribution is -2.19. The van der Waals surface area contributed by atoms with E-state index in [1.54, 1.807) is 6.07 Å². The summed E-state index contributed by atoms with van der Waals surface area (Å²) in [4.78, 5) is 0. The summed E-state index contributed by atoms with van der Waals surface area (Å²) in [5.41, 5.74) is 11.3. The van der Waals surface area contributed by atoms with Crippen LogP contribution in [-0.4, -0.2) is 0 Å². The van der Waals surface area contributed by atoms with Crippen molar-refractivity contribution in [3.8, 4) is 0 Å². The fraction of sp³-hybridized carbons (Fsp3) is 0.368. The van der Waals surface area contributed by atoms with Crippen LogP contribution in [0.5, 0.6) is 0 Å². The Balaban J connectivity index is 1.82. The van der Waals surface area contributed by atoms with E-state index in [1.165, 1.54) is 36.5 Å². The van der Waals surface area contributed by atoms with Crippen LogP contribution in [0.1, 0.15) is 53.5 Å². The standard InChI is InChI=1S/C19H22FN/c1-13-9-10-16(20)12-18(13)19(21)11-15-7-4-6-14-5-2-3-8-17(14)15/h2-3,5,8-10,12,15,19H,4,6-7,11,21H2,1H3. The summed E-state index contributed by atoms with van der Waals surface area (Å²) in [7, 11) is 0. The minimum Gasteiger partial charge on any atom is -0.324 e. The Bertz CT molecular complexity index is 635. The van der Waals surface area contributed by atoms with Crippen LogP contribution in [0.2, 0.25) is 0 Å². The maximum atomic E-state index is 13.5. The van der Waals surface area contributed by atoms with Crippen molar-refractivity contribution >= 4 is 0 Å². The van der Waals surface area contributed by atoms with Crippen molar-refractivity contribution in [1.29, 1.82) is 0 Å². The van der Waals surface area contributed by atoms with Crippen molar-refractivity contribution in [3.05, 3.63) is 70.5 Å². The lowest BCUT2D eigenvalue weighted by atomic mass is 9.78. The zero-order valence-corrected chi connectivity index (χ0v) is 12.5. The quantitative estimate of drug-likeness (QED) is 0.872. The Morgan fingerprint density at radius 3 is 2.90 bits per heavy atom. The van der Waals surface area contributed by atoms with Crippen LogP contribution < -0.4 is 5.73 Å². The van der Waals surface area contributed by atoms with Gasteiger partial charge in [0.05, 0.1) is 0 Å². The average Bonchev–Trinajstić information content (AvgIpc) is 2.50. The summed E-state index contributed by atoms with van der Waals surface area (Å²) in [5.74, 6) is 0.294. The van der Waals surface area contributed by atoms with Gasteiger partial charge in [-0.15, -0.1) is 0 Å². The van der Waals surface area contributed by atoms with Gasteiger partial charge in [0.2, 0.25) is 0 Å². The Labute approximate surface area is 126 Å². The third-order valence-electron chi connectivity index (χ3n) is 4.67. The van der Waals surface area contributed by atoms with Crippen molar-refractivity contribution in [2.24, 2.45) is 5.73 Å². The fourth-order valence-electron chi connectivity index (χ4n) is 3.54. The van der Waals surface area contributed by atoms with E-state index < -0.39 is 0 Å². The zero-order valence-electron chi connectivity index (χ0n) is 12.5. The highest BCUT2D eigenvalue weighted by Crippen LogP contribution is 2.37. The Hall–Kier alpha value is -1.67. The topological polar surface area (TPSA) is 26.0 Å². The van der Waals surface area contributed by atoms with Crippen LogP contribution in [0.4, 0.5) is 4.39 Å². The third-order valence-corrected chi connectivity index (χ3v) is 4.67. The van der Waals surface area contributed by atoms with Gasteiger partial charge in [-0.2, -0.15) is 0 Å². The summed E-state index contributed by atoms with van der Waals surface area (Å²) in [6.07, 6.45) is 4.46. The molecule has 2 N–H and O–H groups in total. The first-order valence-corrected chi connectivity index (χ1v) is 7.74. The van der Waals surface area contributed by atoms with Crippen molar-refractivity contribution in [2.75, 3.05) is 0 Å². The molecule has 0 saturated carbocycles. The van der Waals surface area contributed by atoms with E-state index in [4.69, 9.17) is 5.73 Å². The molecule has 21 heavy (non-hydrogen) atoms. The Morgan fingerprint density at radius 2 is 2.05 bits per heavy atom. The maximum absolute atomic E-state index is 13.5. The van der Waals surface area contributed by atoms with Gasteiger partial charge in [-0.1, -0.05) is 30.3 Å². The molecule has 0 radical (unpaired) electrons. The minimum absolute atomic E-state index is 0.100. The lowest BCUT2D eigenvalue weighted by Gasteiger charge is -2.28. The van der Waals surface area contributed by atoms with Gasteiger partial charge < -0.3 is 5.73 Å². The second-order valence-corrected chi connectivity index (χ2v) is 6.13. The fourth-order valence-corrected chi connectivity index (χ4v) is 3.54. The number of nitrogens with two attached hydrogens (primary N) is 1. The molecule has 110 valence electrons. The molecule has 1 aliphatic rings. The molecule has 0 saturated heterocycles. The molecule has 2 aromatic carbocycles. The molecule has 2 aromatic rings. The van der Waals surface area contributed by atoms with Gasteiger partial charge >= 0.3 is 0 Å². The summed E-state index contributed by atoms with van der Waals surface area (Å²) in [6.45, 7) is 2.00. The molecule has 0 aliphatic heterocycles. The van der Waals surface area contributed by atoms with Gasteiger partial charge in [0.15, 0.2) is 0 Å². The smallest absolute Gasteiger partial charge is 0.123 e. The highest BCUT2D eigenvalue weighted by molar-refractivity contribution is 5.34. The second-order valence-electron chi connectivity index (χ2n) is 6.13. The number of hydrogen-bond acceptors (Lipinski definition) is 1. The summed E-state index contributed by atoms with van der Waals surface area (Å²) >= 11 is 0. The molecule has 0 bridgehead atoms. The first-order valence-electron chi connectivity index (χ1n) is 7.74. The Morgan fingerprint density at radius 1 is 1.24 bits per heavy atom. The van der Waals surface area contributed by atoms with Gasteiger partial charge in [0.1, 0.15) is 5.82 Å². The van der Waals surface area contributed by atoms with Crippen LogP contribution in [0.25, 0.3) is 0 Å². The van der Waals surface area contributed by atoms with E-state index in [9.17, 15) is 4.39 Å². The molecular weight excluding hydrogens is 261 g/mol. The van der Waals surface area contributed by atoms with Crippen LogP contribution in [0.15, 0.2) is 42.5 Å². The predicted molar refractivity (Wildman–Crippen MR) is 84.8 cm³/mol. The van der Waals surface area contributed by atoms with E-state index in [-0.39, 0.29) is 11.9 Å². The van der Waals surface area contributed by atoms with Gasteiger partial charge in [0, 0.05) is 6.04 Å². The number of fused-ring (bicyclic) bond motifs is 1. The largest absolute Gasteiger partial charge is 0.324 e. The SMILES string of the molecule is Cc1ccc(F)cc1C(N)CC1CCCc2ccccc21. The van der Waals surface area contributed by atoms with E-state index >= 15 is 0 Å². The molecule has 2 atom stereocenters. The first kappa shape index (κ1) is 14.3. The van der Waals surface area contributed by atoms with Crippen molar-refractivity contribution < 1.29 is 4.39 Å². The van der Waals surface area contributed by atoms with Gasteiger partial charge in [-0.05, 0) is 72.9 Å². The molecule has 3 rings (SSSR count). The number of hydrogen-bond donors (Lipinski definition) is 1. The molecule has 2 heteroatoms. The summed E-state index contributed by atoms with van der Waals surface area (Å²) < 4.78 is 13.5. The molecule has 1 nitrogen and oxygen atoms in total. The highest BCUT2D eigenvalue weighted by Gasteiger charge is 2.23. The lowest BCUT2D eigenvalue weighted by molar-refractivity contribution is 0.474. The molecule has 0 aromatic heterocycles. The molecule has 0 amide bonds. The van der Waals surface area contributed by atoms with Crippen molar-refractivity contribution in [1.82, 2.24) is 0 Å². The second kappa shape index (κ2) is 5.98. The van der Waals surface area contributed by atoms with E-state index in [2.05, 4.69) is 24.3 Å². The highest BCUT2D eigenvalue weighted by atomic mass is 19.1. The predicted octanol–water partition coefficient (Wildman–Crippen LogP) is 4.64. The van der Waals surface area contributed by atoms with Crippen molar-refractivity contribution in [2.45, 2.75) is 44.6 Å². The van der Waals surface area contributed by atoms with Gasteiger partial charge in [-0.25, -0.2) is 4.39 Å². The first-order chi connectivity index (χ1) is 10.1. The van der Waals surface area contributed by atoms with Crippen LogP contribution in [-0.2, 0) is 6.42 Å². The number of aryl methyl sites for hydroxylation is 2.